The molecule has 0 rings (SSSR count). The first-order valence-electron chi connectivity index (χ1n) is 0.894. The van der Waals surface area contributed by atoms with Gasteiger partial charge in [-0.05, 0) is 0 Å². The van der Waals surface area contributed by atoms with E-state index in [4.69, 9.17) is 19.2 Å². The van der Waals surface area contributed by atoms with Crippen LogP contribution in [-0.4, -0.2) is 28.2 Å². The molecule has 7 heavy (non-hydrogen) atoms. The number of rotatable bonds is 0. The van der Waals surface area contributed by atoms with E-state index < -0.39 is 9.05 Å². The zero-order valence-corrected chi connectivity index (χ0v) is 10.1. The molecule has 0 aromatic carbocycles. The van der Waals surface area contributed by atoms with Gasteiger partial charge >= 0.3 is 9.05 Å². The molecule has 0 fully saturated rings. The fraction of sp³-hybridized carbons (Fsp3) is 0. The van der Waals surface area contributed by atoms with Crippen molar-refractivity contribution in [2.75, 3.05) is 0 Å². The van der Waals surface area contributed by atoms with Crippen molar-refractivity contribution in [1.29, 1.82) is 0 Å². The van der Waals surface area contributed by atoms with Crippen molar-refractivity contribution in [1.82, 2.24) is 0 Å². The minimum atomic E-state index is -4.61. The summed E-state index contributed by atoms with van der Waals surface area (Å²) in [6.07, 6.45) is 0. The van der Waals surface area contributed by atoms with Gasteiger partial charge in [0, 0.05) is 75.5 Å². The minimum Gasteiger partial charge on any atom is -0.368 e. The first kappa shape index (κ1) is 16.3. The Morgan fingerprint density at radius 3 is 0.857 bits per heavy atom. The molecule has 0 atom stereocenters. The van der Waals surface area contributed by atoms with Crippen molar-refractivity contribution < 1.29 is 94.7 Å². The summed E-state index contributed by atoms with van der Waals surface area (Å²) >= 11 is 0. The summed E-state index contributed by atoms with van der Waals surface area (Å²) < 4.78 is 0. The zero-order valence-electron chi connectivity index (χ0n) is 3.22. The Kier molecular flexibility index (Phi) is 15.6. The van der Waals surface area contributed by atoms with Crippen LogP contribution >= 0.6 is 0 Å². The average molecular weight is 392 g/mol. The van der Waals surface area contributed by atoms with Crippen LogP contribution < -0.4 is 0 Å². The predicted octanol–water partition coefficient (Wildman–Crippen LogP) is -2.61. The molecule has 4 nitrogen and oxygen atoms in total. The molecule has 0 bridgehead atoms. The van der Waals surface area contributed by atoms with Crippen LogP contribution in [0.15, 0.2) is 0 Å². The second kappa shape index (κ2) is 6.69. The second-order valence-electron chi connectivity index (χ2n) is 0.600. The Morgan fingerprint density at radius 2 is 0.857 bits per heavy atom. The van der Waals surface area contributed by atoms with Crippen molar-refractivity contribution in [2.45, 2.75) is 0 Å². The van der Waals surface area contributed by atoms with Gasteiger partial charge in [0.15, 0.2) is 0 Å². The van der Waals surface area contributed by atoms with E-state index in [2.05, 4.69) is 0 Å². The Bertz CT molecular complexity index is 27.2. The molecular formula is H4GdLaO4Si. The van der Waals surface area contributed by atoms with Crippen molar-refractivity contribution in [3.8, 4) is 0 Å². The van der Waals surface area contributed by atoms with Gasteiger partial charge in [-0.25, -0.2) is 0 Å². The third kappa shape index (κ3) is 55.9. The van der Waals surface area contributed by atoms with Gasteiger partial charge < -0.3 is 19.2 Å². The summed E-state index contributed by atoms with van der Waals surface area (Å²) in [6.45, 7) is 0. The van der Waals surface area contributed by atoms with Crippen LogP contribution in [0.5, 0.6) is 0 Å². The smallest absolute Gasteiger partial charge is 0.368 e. The van der Waals surface area contributed by atoms with E-state index in [0.717, 1.165) is 0 Å². The molecule has 0 aliphatic carbocycles. The molecule has 0 amide bonds. The van der Waals surface area contributed by atoms with Crippen molar-refractivity contribution in [3.05, 3.63) is 0 Å². The molecule has 1 radical (unpaired) electrons. The fourth-order valence-corrected chi connectivity index (χ4v) is 0. The van der Waals surface area contributed by atoms with Crippen LogP contribution in [0.2, 0.25) is 0 Å². The first-order valence-corrected chi connectivity index (χ1v) is 2.68. The molecular weight excluding hydrogens is 388 g/mol. The van der Waals surface area contributed by atoms with Gasteiger partial charge in [-0.1, -0.05) is 0 Å². The molecule has 43 valence electrons. The Labute approximate surface area is 102 Å². The van der Waals surface area contributed by atoms with Gasteiger partial charge in [0.25, 0.3) is 0 Å². The second-order valence-corrected chi connectivity index (χ2v) is 1.80. The van der Waals surface area contributed by atoms with Gasteiger partial charge in [0.2, 0.25) is 0 Å². The van der Waals surface area contributed by atoms with Crippen molar-refractivity contribution in [2.24, 2.45) is 0 Å². The Balaban J connectivity index is -0.0000000800. The Hall–Kier alpha value is 2.58. The van der Waals surface area contributed by atoms with E-state index in [-0.39, 0.29) is 75.5 Å². The molecule has 0 spiro atoms. The largest absolute Gasteiger partial charge is 0.668 e. The molecule has 0 saturated carbocycles. The Morgan fingerprint density at radius 1 is 0.857 bits per heavy atom. The van der Waals surface area contributed by atoms with E-state index in [1.807, 2.05) is 0 Å². The number of hydrogen-bond donors (Lipinski definition) is 4. The maximum atomic E-state index is 7.33. The molecule has 7 heteroatoms. The zero-order chi connectivity index (χ0) is 4.50. The van der Waals surface area contributed by atoms with E-state index in [1.165, 1.54) is 0 Å². The third-order valence-electron chi connectivity index (χ3n) is 0. The summed E-state index contributed by atoms with van der Waals surface area (Å²) in [4.78, 5) is 29.3. The summed E-state index contributed by atoms with van der Waals surface area (Å²) in [5, 5.41) is 0. The number of hydrogen-bond acceptors (Lipinski definition) is 4. The SMILES string of the molecule is O[Si](O)(O)O.[Gd].[La]. The maximum absolute atomic E-state index is 7.33. The predicted molar refractivity (Wildman–Crippen MR) is 14.6 cm³/mol. The maximum Gasteiger partial charge on any atom is 0.668 e. The van der Waals surface area contributed by atoms with Crippen LogP contribution in [0.4, 0.5) is 0 Å². The topological polar surface area (TPSA) is 80.9 Å². The first-order chi connectivity index (χ1) is 2.00. The molecule has 0 aromatic heterocycles. The quantitative estimate of drug-likeness (QED) is 0.341. The van der Waals surface area contributed by atoms with E-state index in [0.29, 0.717) is 0 Å². The van der Waals surface area contributed by atoms with Gasteiger partial charge in [-0.3, -0.25) is 0 Å². The van der Waals surface area contributed by atoms with Gasteiger partial charge in [0.05, 0.1) is 0 Å². The minimum absolute atomic E-state index is 0. The molecule has 0 unspecified atom stereocenters. The summed E-state index contributed by atoms with van der Waals surface area (Å²) in [6, 6.07) is 0. The van der Waals surface area contributed by atoms with Crippen LogP contribution in [0.1, 0.15) is 0 Å². The van der Waals surface area contributed by atoms with E-state index in [1.54, 1.807) is 0 Å². The van der Waals surface area contributed by atoms with Crippen molar-refractivity contribution in [3.63, 3.8) is 0 Å². The summed E-state index contributed by atoms with van der Waals surface area (Å²) in [5.74, 6) is 0. The molecule has 0 heterocycles. The van der Waals surface area contributed by atoms with E-state index in [9.17, 15) is 0 Å². The molecule has 0 saturated heterocycles. The summed E-state index contributed by atoms with van der Waals surface area (Å²) in [7, 11) is -4.61. The van der Waals surface area contributed by atoms with Crippen LogP contribution in [0.25, 0.3) is 0 Å². The molecule has 4 N–H and O–H groups in total. The van der Waals surface area contributed by atoms with Crippen molar-refractivity contribution >= 4 is 9.05 Å². The monoisotopic (exact) mass is 393 g/mol. The molecule has 0 aliphatic heterocycles. The van der Waals surface area contributed by atoms with E-state index >= 15 is 0 Å². The van der Waals surface area contributed by atoms with Crippen LogP contribution in [-0.2, 0) is 0 Å². The summed E-state index contributed by atoms with van der Waals surface area (Å²) in [5.41, 5.74) is 0. The normalized spacial score (nSPS) is 8.57. The molecule has 0 aliphatic rings. The van der Waals surface area contributed by atoms with Gasteiger partial charge in [0.1, 0.15) is 0 Å². The third-order valence-corrected chi connectivity index (χ3v) is 0. The average Bonchev–Trinajstić information content (AvgIpc) is 0.722. The standard InChI is InChI=1S/Gd.La.H4O4Si/c;;1-5(2,3)4/h;;1-4H. The van der Waals surface area contributed by atoms with Gasteiger partial charge in [-0.15, -0.1) is 0 Å². The van der Waals surface area contributed by atoms with Crippen LogP contribution in [0, 0.1) is 75.5 Å². The molecule has 0 aromatic rings. The van der Waals surface area contributed by atoms with Gasteiger partial charge in [-0.2, -0.15) is 0 Å². The fourth-order valence-electron chi connectivity index (χ4n) is 0. The van der Waals surface area contributed by atoms with Crippen LogP contribution in [0.3, 0.4) is 0 Å².